The molecule has 1 unspecified atom stereocenters. The van der Waals surface area contributed by atoms with Gasteiger partial charge in [0.05, 0.1) is 0 Å². The van der Waals surface area contributed by atoms with E-state index in [1.807, 2.05) is 25.2 Å². The quantitative estimate of drug-likeness (QED) is 0.645. The van der Waals surface area contributed by atoms with Crippen LogP contribution in [-0.4, -0.2) is 51.1 Å². The highest BCUT2D eigenvalue weighted by molar-refractivity contribution is 6.31. The van der Waals surface area contributed by atoms with Crippen LogP contribution < -0.4 is 10.6 Å². The van der Waals surface area contributed by atoms with Gasteiger partial charge in [-0.05, 0) is 44.0 Å². The Bertz CT molecular complexity index is 475. The van der Waals surface area contributed by atoms with Crippen molar-refractivity contribution in [3.05, 3.63) is 34.9 Å². The van der Waals surface area contributed by atoms with Crippen LogP contribution in [0.2, 0.25) is 5.02 Å². The van der Waals surface area contributed by atoms with Gasteiger partial charge in [0.15, 0.2) is 5.96 Å². The summed E-state index contributed by atoms with van der Waals surface area (Å²) in [6.07, 6.45) is 2.16. The molecule has 1 aliphatic rings. The van der Waals surface area contributed by atoms with Crippen LogP contribution in [0.15, 0.2) is 29.3 Å². The van der Waals surface area contributed by atoms with Crippen LogP contribution in [0.1, 0.15) is 12.0 Å². The molecule has 2 N–H and O–H groups in total. The van der Waals surface area contributed by atoms with Crippen LogP contribution in [0.3, 0.4) is 0 Å². The van der Waals surface area contributed by atoms with Gasteiger partial charge in [0.1, 0.15) is 0 Å². The van der Waals surface area contributed by atoms with Gasteiger partial charge in [-0.25, -0.2) is 0 Å². The molecule has 1 aromatic rings. The molecule has 116 valence electrons. The van der Waals surface area contributed by atoms with Crippen molar-refractivity contribution in [1.29, 1.82) is 0 Å². The number of halogens is 1. The summed E-state index contributed by atoms with van der Waals surface area (Å²) in [5, 5.41) is 7.59. The van der Waals surface area contributed by atoms with Crippen LogP contribution in [0, 0.1) is 5.92 Å². The molecule has 1 heterocycles. The first kappa shape index (κ1) is 16.1. The van der Waals surface area contributed by atoms with E-state index < -0.39 is 0 Å². The van der Waals surface area contributed by atoms with Gasteiger partial charge in [-0.1, -0.05) is 29.8 Å². The second kappa shape index (κ2) is 8.25. The lowest BCUT2D eigenvalue weighted by Gasteiger charge is -2.15. The number of aliphatic imine (C=N–C) groups is 1. The van der Waals surface area contributed by atoms with E-state index in [9.17, 15) is 0 Å². The van der Waals surface area contributed by atoms with Gasteiger partial charge >= 0.3 is 0 Å². The van der Waals surface area contributed by atoms with Crippen LogP contribution in [0.25, 0.3) is 0 Å². The first-order chi connectivity index (χ1) is 10.2. The van der Waals surface area contributed by atoms with E-state index in [-0.39, 0.29) is 0 Å². The third kappa shape index (κ3) is 5.21. The summed E-state index contributed by atoms with van der Waals surface area (Å²) in [5.74, 6) is 1.59. The van der Waals surface area contributed by atoms with Crippen LogP contribution >= 0.6 is 11.6 Å². The standard InChI is InChI=1S/C16H25ClN4/c1-18-16(20-11-13-8-10-21(2)12-13)19-9-7-14-5-3-4-6-15(14)17/h3-6,13H,7-12H2,1-2H3,(H2,18,19,20). The van der Waals surface area contributed by atoms with E-state index >= 15 is 0 Å². The number of hydrogen-bond donors (Lipinski definition) is 2. The highest BCUT2D eigenvalue weighted by Crippen LogP contribution is 2.15. The molecule has 1 aliphatic heterocycles. The molecule has 1 atom stereocenters. The van der Waals surface area contributed by atoms with Gasteiger partial charge in [0.25, 0.3) is 0 Å². The lowest BCUT2D eigenvalue weighted by molar-refractivity contribution is 0.394. The minimum atomic E-state index is 0.720. The molecular weight excluding hydrogens is 284 g/mol. The number of nitrogens with zero attached hydrogens (tertiary/aromatic N) is 2. The molecule has 1 saturated heterocycles. The maximum absolute atomic E-state index is 6.16. The molecule has 0 spiro atoms. The average Bonchev–Trinajstić information content (AvgIpc) is 2.90. The smallest absolute Gasteiger partial charge is 0.190 e. The van der Waals surface area contributed by atoms with Crippen molar-refractivity contribution in [2.75, 3.05) is 40.3 Å². The van der Waals surface area contributed by atoms with Crippen molar-refractivity contribution in [2.45, 2.75) is 12.8 Å². The largest absolute Gasteiger partial charge is 0.356 e. The summed E-state index contributed by atoms with van der Waals surface area (Å²) in [5.41, 5.74) is 1.17. The molecule has 0 radical (unpaired) electrons. The maximum atomic E-state index is 6.16. The van der Waals surface area contributed by atoms with E-state index in [1.165, 1.54) is 25.1 Å². The molecule has 1 fully saturated rings. The van der Waals surface area contributed by atoms with E-state index in [0.717, 1.165) is 36.4 Å². The topological polar surface area (TPSA) is 39.7 Å². The highest BCUT2D eigenvalue weighted by atomic mass is 35.5. The van der Waals surface area contributed by atoms with Crippen LogP contribution in [0.4, 0.5) is 0 Å². The number of guanidine groups is 1. The zero-order valence-electron chi connectivity index (χ0n) is 12.9. The minimum Gasteiger partial charge on any atom is -0.356 e. The van der Waals surface area contributed by atoms with Crippen molar-refractivity contribution >= 4 is 17.6 Å². The van der Waals surface area contributed by atoms with Gasteiger partial charge in [0.2, 0.25) is 0 Å². The second-order valence-corrected chi connectivity index (χ2v) is 6.05. The molecule has 0 aliphatic carbocycles. The van der Waals surface area contributed by atoms with Crippen molar-refractivity contribution in [3.63, 3.8) is 0 Å². The summed E-state index contributed by atoms with van der Waals surface area (Å²) in [6.45, 7) is 4.18. The Kier molecular flexibility index (Phi) is 6.33. The molecule has 0 aromatic heterocycles. The van der Waals surface area contributed by atoms with Crippen molar-refractivity contribution in [3.8, 4) is 0 Å². The normalized spacial score (nSPS) is 19.8. The molecule has 4 nitrogen and oxygen atoms in total. The number of rotatable bonds is 5. The lowest BCUT2D eigenvalue weighted by atomic mass is 10.1. The van der Waals surface area contributed by atoms with Gasteiger partial charge in [-0.15, -0.1) is 0 Å². The summed E-state index contributed by atoms with van der Waals surface area (Å²) in [6, 6.07) is 7.97. The fourth-order valence-electron chi connectivity index (χ4n) is 2.67. The number of benzene rings is 1. The fraction of sp³-hybridized carbons (Fsp3) is 0.562. The van der Waals surface area contributed by atoms with Crippen LogP contribution in [-0.2, 0) is 6.42 Å². The third-order valence-electron chi connectivity index (χ3n) is 3.92. The van der Waals surface area contributed by atoms with Gasteiger partial charge < -0.3 is 15.5 Å². The predicted octanol–water partition coefficient (Wildman–Crippen LogP) is 2.00. The number of nitrogens with one attached hydrogen (secondary N) is 2. The molecule has 0 bridgehead atoms. The van der Waals surface area contributed by atoms with E-state index in [1.54, 1.807) is 0 Å². The van der Waals surface area contributed by atoms with Gasteiger partial charge in [-0.2, -0.15) is 0 Å². The Morgan fingerprint density at radius 1 is 1.38 bits per heavy atom. The van der Waals surface area contributed by atoms with E-state index in [0.29, 0.717) is 0 Å². The first-order valence-corrected chi connectivity index (χ1v) is 7.93. The molecule has 2 rings (SSSR count). The molecule has 0 saturated carbocycles. The second-order valence-electron chi connectivity index (χ2n) is 5.64. The summed E-state index contributed by atoms with van der Waals surface area (Å²) >= 11 is 6.16. The van der Waals surface area contributed by atoms with Crippen LogP contribution in [0.5, 0.6) is 0 Å². The Hall–Kier alpha value is -1.26. The Balaban J connectivity index is 1.69. The Morgan fingerprint density at radius 2 is 2.19 bits per heavy atom. The van der Waals surface area contributed by atoms with E-state index in [2.05, 4.69) is 33.6 Å². The van der Waals surface area contributed by atoms with Gasteiger partial charge in [-0.3, -0.25) is 4.99 Å². The highest BCUT2D eigenvalue weighted by Gasteiger charge is 2.19. The van der Waals surface area contributed by atoms with Crippen molar-refractivity contribution in [2.24, 2.45) is 10.9 Å². The van der Waals surface area contributed by atoms with Gasteiger partial charge in [0, 0.05) is 31.7 Å². The monoisotopic (exact) mass is 308 g/mol. The predicted molar refractivity (Wildman–Crippen MR) is 90.1 cm³/mol. The summed E-state index contributed by atoms with van der Waals surface area (Å²) < 4.78 is 0. The van der Waals surface area contributed by atoms with E-state index in [4.69, 9.17) is 11.6 Å². The molecule has 1 aromatic carbocycles. The number of hydrogen-bond acceptors (Lipinski definition) is 2. The zero-order chi connectivity index (χ0) is 15.1. The first-order valence-electron chi connectivity index (χ1n) is 7.55. The average molecular weight is 309 g/mol. The minimum absolute atomic E-state index is 0.720. The summed E-state index contributed by atoms with van der Waals surface area (Å²) in [4.78, 5) is 6.64. The Morgan fingerprint density at radius 3 is 2.86 bits per heavy atom. The zero-order valence-corrected chi connectivity index (χ0v) is 13.7. The summed E-state index contributed by atoms with van der Waals surface area (Å²) in [7, 11) is 3.99. The fourth-order valence-corrected chi connectivity index (χ4v) is 2.90. The third-order valence-corrected chi connectivity index (χ3v) is 4.28. The molecule has 21 heavy (non-hydrogen) atoms. The SMILES string of the molecule is CN=C(NCCc1ccccc1Cl)NCC1CCN(C)C1. The molecule has 5 heteroatoms. The Labute approximate surface area is 132 Å². The maximum Gasteiger partial charge on any atom is 0.190 e. The number of likely N-dealkylation sites (tertiary alicyclic amines) is 1. The molecular formula is C16H25ClN4. The van der Waals surface area contributed by atoms with Crippen molar-refractivity contribution in [1.82, 2.24) is 15.5 Å². The lowest BCUT2D eigenvalue weighted by Crippen LogP contribution is -2.41. The molecule has 0 amide bonds. The van der Waals surface area contributed by atoms with Crippen molar-refractivity contribution < 1.29 is 0 Å².